The highest BCUT2D eigenvalue weighted by molar-refractivity contribution is 5.93. The summed E-state index contributed by atoms with van der Waals surface area (Å²) in [6.45, 7) is 9.81. The largest absolute Gasteiger partial charge is 0.366 e. The minimum atomic E-state index is -0.414. The Morgan fingerprint density at radius 2 is 2.16 bits per heavy atom. The number of aryl methyl sites for hydroxylation is 1. The second-order valence-corrected chi connectivity index (χ2v) is 6.88. The number of anilines is 1. The van der Waals surface area contributed by atoms with E-state index in [1.807, 2.05) is 26.8 Å². The molecule has 0 saturated heterocycles. The van der Waals surface area contributed by atoms with Crippen molar-refractivity contribution in [2.75, 3.05) is 5.32 Å². The Kier molecular flexibility index (Phi) is 6.54. The van der Waals surface area contributed by atoms with Crippen LogP contribution in [0.25, 0.3) is 0 Å². The molecule has 1 aliphatic heterocycles. The number of hydrogen-bond donors (Lipinski definition) is 1. The quantitative estimate of drug-likeness (QED) is 0.748. The molecule has 0 spiro atoms. The number of ether oxygens (including phenoxy) is 1. The molecule has 1 aromatic rings. The topological polar surface area (TPSA) is 38.3 Å². The summed E-state index contributed by atoms with van der Waals surface area (Å²) in [5.74, 6) is -1.00. The van der Waals surface area contributed by atoms with Crippen LogP contribution in [0.3, 0.4) is 0 Å². The van der Waals surface area contributed by atoms with Gasteiger partial charge >= 0.3 is 0 Å². The lowest BCUT2D eigenvalue weighted by molar-refractivity contribution is -0.118. The average Bonchev–Trinajstić information content (AvgIpc) is 2.57. The molecule has 0 bridgehead atoms. The van der Waals surface area contributed by atoms with Crippen molar-refractivity contribution in [3.63, 3.8) is 0 Å². The molecule has 3 nitrogen and oxygen atoms in total. The Morgan fingerprint density at radius 3 is 2.80 bits per heavy atom. The number of carbonyl (C=O) groups is 1. The first kappa shape index (κ1) is 19.4. The van der Waals surface area contributed by atoms with Gasteiger partial charge in [0.2, 0.25) is 5.91 Å². The van der Waals surface area contributed by atoms with E-state index in [4.69, 9.17) is 4.74 Å². The third kappa shape index (κ3) is 5.02. The first-order valence-corrected chi connectivity index (χ1v) is 8.89. The molecule has 1 aromatic carbocycles. The predicted octanol–water partition coefficient (Wildman–Crippen LogP) is 5.17. The van der Waals surface area contributed by atoms with Crippen LogP contribution in [-0.4, -0.2) is 18.1 Å². The molecule has 2 rings (SSSR count). The molecule has 3 atom stereocenters. The Balaban J connectivity index is 2.03. The summed E-state index contributed by atoms with van der Waals surface area (Å²) in [6.07, 6.45) is 6.03. The summed E-state index contributed by atoms with van der Waals surface area (Å²) >= 11 is 0. The molecule has 4 heteroatoms. The van der Waals surface area contributed by atoms with E-state index in [-0.39, 0.29) is 29.7 Å². The Bertz CT molecular complexity index is 693. The van der Waals surface area contributed by atoms with Gasteiger partial charge in [0.1, 0.15) is 5.82 Å². The van der Waals surface area contributed by atoms with Crippen molar-refractivity contribution >= 4 is 11.6 Å². The van der Waals surface area contributed by atoms with Gasteiger partial charge in [-0.2, -0.15) is 0 Å². The van der Waals surface area contributed by atoms with Crippen LogP contribution in [0.2, 0.25) is 0 Å². The van der Waals surface area contributed by atoms with Gasteiger partial charge in [0.15, 0.2) is 0 Å². The van der Waals surface area contributed by atoms with Gasteiger partial charge in [0.25, 0.3) is 0 Å². The lowest BCUT2D eigenvalue weighted by Crippen LogP contribution is -2.28. The van der Waals surface area contributed by atoms with E-state index in [1.54, 1.807) is 12.1 Å². The maximum atomic E-state index is 13.9. The van der Waals surface area contributed by atoms with Gasteiger partial charge < -0.3 is 10.1 Å². The van der Waals surface area contributed by atoms with E-state index in [1.165, 1.54) is 11.6 Å². The van der Waals surface area contributed by atoms with E-state index >= 15 is 0 Å². The molecule has 1 heterocycles. The van der Waals surface area contributed by atoms with E-state index in [9.17, 15) is 9.18 Å². The standard InChI is InChI=1S/C21H28FNO2/c1-6-19-14(3)8-10-20(25-19)15(4)12-16(5)21(24)23-18-9-7-13(2)11-17(18)22/h7-9,11-12,16,19-20H,6,10H2,1-5H3,(H,23,24)/b15-12+/t16-,19+,20+/m0/s1. The van der Waals surface area contributed by atoms with Crippen LogP contribution in [0.15, 0.2) is 41.5 Å². The molecule has 0 fully saturated rings. The molecule has 1 aliphatic rings. The van der Waals surface area contributed by atoms with Gasteiger partial charge in [-0.25, -0.2) is 4.39 Å². The number of amides is 1. The fraction of sp³-hybridized carbons (Fsp3) is 0.476. The summed E-state index contributed by atoms with van der Waals surface area (Å²) < 4.78 is 20.0. The third-order valence-corrected chi connectivity index (χ3v) is 4.68. The molecule has 136 valence electrons. The van der Waals surface area contributed by atoms with Crippen LogP contribution in [0, 0.1) is 18.7 Å². The van der Waals surface area contributed by atoms with Crippen molar-refractivity contribution in [2.24, 2.45) is 5.92 Å². The summed E-state index contributed by atoms with van der Waals surface area (Å²) in [7, 11) is 0. The zero-order valence-electron chi connectivity index (χ0n) is 15.7. The molecule has 0 unspecified atom stereocenters. The molecule has 0 saturated carbocycles. The third-order valence-electron chi connectivity index (χ3n) is 4.68. The zero-order valence-corrected chi connectivity index (χ0v) is 15.7. The van der Waals surface area contributed by atoms with Gasteiger partial charge in [-0.15, -0.1) is 0 Å². The molecule has 0 aromatic heterocycles. The highest BCUT2D eigenvalue weighted by Gasteiger charge is 2.23. The first-order valence-electron chi connectivity index (χ1n) is 8.89. The Labute approximate surface area is 150 Å². The maximum absolute atomic E-state index is 13.9. The zero-order chi connectivity index (χ0) is 18.6. The smallest absolute Gasteiger partial charge is 0.231 e. The van der Waals surface area contributed by atoms with E-state index in [0.29, 0.717) is 0 Å². The Hall–Kier alpha value is -1.94. The van der Waals surface area contributed by atoms with Crippen LogP contribution in [0.5, 0.6) is 0 Å². The van der Waals surface area contributed by atoms with Crippen LogP contribution in [0.4, 0.5) is 10.1 Å². The van der Waals surface area contributed by atoms with E-state index in [0.717, 1.165) is 24.0 Å². The number of rotatable bonds is 5. The highest BCUT2D eigenvalue weighted by Crippen LogP contribution is 2.26. The number of hydrogen-bond acceptors (Lipinski definition) is 2. The number of halogens is 1. The van der Waals surface area contributed by atoms with Crippen LogP contribution in [0.1, 0.15) is 46.1 Å². The van der Waals surface area contributed by atoms with E-state index < -0.39 is 5.82 Å². The molecule has 1 N–H and O–H groups in total. The molecule has 0 aliphatic carbocycles. The lowest BCUT2D eigenvalue weighted by atomic mass is 9.96. The van der Waals surface area contributed by atoms with Gasteiger partial charge in [-0.05, 0) is 62.5 Å². The average molecular weight is 345 g/mol. The van der Waals surface area contributed by atoms with Crippen LogP contribution >= 0.6 is 0 Å². The fourth-order valence-corrected chi connectivity index (χ4v) is 3.04. The second-order valence-electron chi connectivity index (χ2n) is 6.88. The molecule has 1 amide bonds. The lowest BCUT2D eigenvalue weighted by Gasteiger charge is -2.30. The predicted molar refractivity (Wildman–Crippen MR) is 100 cm³/mol. The number of benzene rings is 1. The normalized spacial score (nSPS) is 22.3. The summed E-state index contributed by atoms with van der Waals surface area (Å²) in [6, 6.07) is 4.78. The van der Waals surface area contributed by atoms with Crippen LogP contribution in [-0.2, 0) is 9.53 Å². The van der Waals surface area contributed by atoms with Gasteiger partial charge in [0, 0.05) is 0 Å². The molecular weight excluding hydrogens is 317 g/mol. The first-order chi connectivity index (χ1) is 11.8. The highest BCUT2D eigenvalue weighted by atomic mass is 19.1. The maximum Gasteiger partial charge on any atom is 0.231 e. The second kappa shape index (κ2) is 8.43. The summed E-state index contributed by atoms with van der Waals surface area (Å²) in [4.78, 5) is 12.4. The van der Waals surface area contributed by atoms with Crippen molar-refractivity contribution in [1.29, 1.82) is 0 Å². The van der Waals surface area contributed by atoms with Gasteiger partial charge in [-0.3, -0.25) is 4.79 Å². The molecule has 0 radical (unpaired) electrons. The minimum Gasteiger partial charge on any atom is -0.366 e. The van der Waals surface area contributed by atoms with Crippen molar-refractivity contribution in [3.05, 3.63) is 52.9 Å². The van der Waals surface area contributed by atoms with Gasteiger partial charge in [0.05, 0.1) is 23.8 Å². The van der Waals surface area contributed by atoms with Crippen molar-refractivity contribution < 1.29 is 13.9 Å². The van der Waals surface area contributed by atoms with Gasteiger partial charge in [-0.1, -0.05) is 32.1 Å². The summed E-state index contributed by atoms with van der Waals surface area (Å²) in [5, 5.41) is 2.66. The SMILES string of the molecule is CC[C@H]1O[C@@H](/C(C)=C/[C@H](C)C(=O)Nc2ccc(C)cc2F)CC=C1C. The van der Waals surface area contributed by atoms with E-state index in [2.05, 4.69) is 25.2 Å². The minimum absolute atomic E-state index is 0.0000102. The summed E-state index contributed by atoms with van der Waals surface area (Å²) in [5.41, 5.74) is 3.34. The van der Waals surface area contributed by atoms with Crippen molar-refractivity contribution in [3.8, 4) is 0 Å². The fourth-order valence-electron chi connectivity index (χ4n) is 3.04. The number of nitrogens with one attached hydrogen (secondary N) is 1. The molecule has 25 heavy (non-hydrogen) atoms. The van der Waals surface area contributed by atoms with Crippen molar-refractivity contribution in [1.82, 2.24) is 0 Å². The molecular formula is C21H28FNO2. The monoisotopic (exact) mass is 345 g/mol. The number of carbonyl (C=O) groups excluding carboxylic acids is 1. The van der Waals surface area contributed by atoms with Crippen LogP contribution < -0.4 is 5.32 Å². The van der Waals surface area contributed by atoms with Crippen molar-refractivity contribution in [2.45, 2.75) is 59.7 Å². The Morgan fingerprint density at radius 1 is 1.44 bits per heavy atom.